The van der Waals surface area contributed by atoms with Gasteiger partial charge in [-0.2, -0.15) is 0 Å². The molecule has 0 amide bonds. The number of hydrogen-bond acceptors (Lipinski definition) is 1. The minimum absolute atomic E-state index is 0.396. The lowest BCUT2D eigenvalue weighted by Gasteiger charge is -2.60. The summed E-state index contributed by atoms with van der Waals surface area (Å²) in [5.74, 6) is 3.02. The molecule has 0 nitrogen and oxygen atoms in total. The van der Waals surface area contributed by atoms with Crippen LogP contribution in [0.25, 0.3) is 6.08 Å². The van der Waals surface area contributed by atoms with Gasteiger partial charge in [-0.3, -0.25) is 0 Å². The monoisotopic (exact) mass is 583 g/mol. The fourth-order valence-electron chi connectivity index (χ4n) is 8.44. The lowest BCUT2D eigenvalue weighted by molar-refractivity contribution is -0.109. The summed E-state index contributed by atoms with van der Waals surface area (Å²) in [6.45, 7) is 40.2. The molecule has 1 aromatic carbocycles. The Balaban J connectivity index is 0.00000184. The molecule has 236 valence electrons. The van der Waals surface area contributed by atoms with Crippen LogP contribution < -0.4 is 0 Å². The zero-order valence-corrected chi connectivity index (χ0v) is 30.8. The number of benzene rings is 1. The summed E-state index contributed by atoms with van der Waals surface area (Å²) in [5, 5.41) is 0.697. The first-order chi connectivity index (χ1) is 19.6. The highest BCUT2D eigenvalue weighted by atomic mass is 32.2. The van der Waals surface area contributed by atoms with Gasteiger partial charge in [-0.25, -0.2) is 0 Å². The molecule has 0 saturated heterocycles. The Kier molecular flexibility index (Phi) is 17.9. The van der Waals surface area contributed by atoms with E-state index in [2.05, 4.69) is 109 Å². The second kappa shape index (κ2) is 18.5. The Morgan fingerprint density at radius 3 is 2.02 bits per heavy atom. The van der Waals surface area contributed by atoms with Crippen LogP contribution in [0.5, 0.6) is 0 Å². The van der Waals surface area contributed by atoms with Crippen LogP contribution in [0, 0.1) is 39.9 Å². The molecule has 7 atom stereocenters. The first kappa shape index (κ1) is 39.8. The summed E-state index contributed by atoms with van der Waals surface area (Å²) in [5.41, 5.74) is 3.80. The minimum atomic E-state index is 0.396. The molecule has 0 aliphatic heterocycles. The highest BCUT2D eigenvalue weighted by molar-refractivity contribution is 8.03. The third kappa shape index (κ3) is 8.25. The fraction of sp³-hybridized carbons (Fsp3) is 0.700. The molecule has 41 heavy (non-hydrogen) atoms. The van der Waals surface area contributed by atoms with E-state index in [1.165, 1.54) is 41.7 Å². The maximum Gasteiger partial charge on any atom is 0.0156 e. The van der Waals surface area contributed by atoms with E-state index in [-0.39, 0.29) is 0 Å². The van der Waals surface area contributed by atoms with Crippen LogP contribution >= 0.6 is 11.8 Å². The van der Waals surface area contributed by atoms with Crippen molar-refractivity contribution in [2.24, 2.45) is 39.9 Å². The highest BCUT2D eigenvalue weighted by Gasteiger charge is 2.72. The van der Waals surface area contributed by atoms with Crippen molar-refractivity contribution in [2.45, 2.75) is 141 Å². The van der Waals surface area contributed by atoms with Gasteiger partial charge in [0.25, 0.3) is 0 Å². The zero-order valence-electron chi connectivity index (χ0n) is 30.0. The van der Waals surface area contributed by atoms with E-state index in [1.807, 2.05) is 55.4 Å². The second-order valence-corrected chi connectivity index (χ2v) is 13.7. The van der Waals surface area contributed by atoms with E-state index in [0.717, 1.165) is 30.6 Å². The Morgan fingerprint density at radius 1 is 0.951 bits per heavy atom. The zero-order chi connectivity index (χ0) is 32.0. The van der Waals surface area contributed by atoms with Crippen molar-refractivity contribution >= 4 is 17.8 Å². The first-order valence-corrected chi connectivity index (χ1v) is 18.2. The number of allylic oxidation sites excluding steroid dienone is 3. The predicted molar refractivity (Wildman–Crippen MR) is 194 cm³/mol. The van der Waals surface area contributed by atoms with E-state index in [0.29, 0.717) is 27.4 Å². The van der Waals surface area contributed by atoms with Crippen molar-refractivity contribution in [3.05, 3.63) is 65.6 Å². The van der Waals surface area contributed by atoms with Gasteiger partial charge in [-0.05, 0) is 88.9 Å². The average molecular weight is 583 g/mol. The molecule has 4 rings (SSSR count). The van der Waals surface area contributed by atoms with Gasteiger partial charge >= 0.3 is 0 Å². The third-order valence-corrected chi connectivity index (χ3v) is 12.2. The lowest BCUT2D eigenvalue weighted by Crippen LogP contribution is -2.54. The summed E-state index contributed by atoms with van der Waals surface area (Å²) in [6, 6.07) is 10.7. The van der Waals surface area contributed by atoms with Gasteiger partial charge in [0.1, 0.15) is 0 Å². The summed E-state index contributed by atoms with van der Waals surface area (Å²) >= 11 is 2.14. The standard InChI is InChI=1S/C32H46S.4C2H6/c1-9-25(6)33-28-20-32(22(2)3)21-31(28,8)30(7)18-17-24(5)29(30)27(32)19-23(4)15-16-26-13-11-10-12-14-26;4*1-2/h10-16,22,24,27-29H,4,6,9,17-21H2,1-3,5,7-8H3;4*1-2H3/b16-15+;;;;/t24?,27-,28?,29?,30?,31?,32?;;;;/m0..../s1. The van der Waals surface area contributed by atoms with Crippen molar-refractivity contribution in [3.8, 4) is 0 Å². The molecule has 0 radical (unpaired) electrons. The fourth-order valence-corrected chi connectivity index (χ4v) is 10.0. The minimum Gasteiger partial charge on any atom is -0.127 e. The number of hydrogen-bond donors (Lipinski definition) is 0. The second-order valence-electron chi connectivity index (χ2n) is 12.4. The van der Waals surface area contributed by atoms with Crippen LogP contribution in [0.1, 0.15) is 141 Å². The van der Waals surface area contributed by atoms with E-state index in [9.17, 15) is 0 Å². The number of fused-ring (bicyclic) bond motifs is 4. The Bertz CT molecular complexity index is 910. The average Bonchev–Trinajstić information content (AvgIpc) is 3.48. The van der Waals surface area contributed by atoms with Gasteiger partial charge in [0.2, 0.25) is 0 Å². The van der Waals surface area contributed by atoms with Gasteiger partial charge < -0.3 is 0 Å². The van der Waals surface area contributed by atoms with E-state index >= 15 is 0 Å². The van der Waals surface area contributed by atoms with Crippen molar-refractivity contribution < 1.29 is 0 Å². The normalized spacial score (nSPS) is 32.7. The maximum absolute atomic E-state index is 4.59. The summed E-state index contributed by atoms with van der Waals surface area (Å²) in [7, 11) is 0. The predicted octanol–water partition coefficient (Wildman–Crippen LogP) is 13.9. The Hall–Kier alpha value is -1.21. The molecule has 0 spiro atoms. The molecule has 0 heterocycles. The van der Waals surface area contributed by atoms with Crippen LogP contribution in [0.4, 0.5) is 0 Å². The van der Waals surface area contributed by atoms with Crippen LogP contribution in [-0.2, 0) is 0 Å². The van der Waals surface area contributed by atoms with Gasteiger partial charge in [0.15, 0.2) is 0 Å². The molecular weight excluding hydrogens is 513 g/mol. The van der Waals surface area contributed by atoms with Crippen LogP contribution in [0.15, 0.2) is 60.0 Å². The smallest absolute Gasteiger partial charge is 0.0156 e. The van der Waals surface area contributed by atoms with Crippen molar-refractivity contribution in [1.29, 1.82) is 0 Å². The quantitative estimate of drug-likeness (QED) is 0.275. The van der Waals surface area contributed by atoms with Gasteiger partial charge in [-0.1, -0.05) is 158 Å². The van der Waals surface area contributed by atoms with Crippen molar-refractivity contribution in [1.82, 2.24) is 0 Å². The molecule has 3 saturated carbocycles. The van der Waals surface area contributed by atoms with Gasteiger partial charge in [0, 0.05) is 5.25 Å². The summed E-state index contributed by atoms with van der Waals surface area (Å²) in [6.07, 6.45) is 12.3. The van der Waals surface area contributed by atoms with Crippen LogP contribution in [0.2, 0.25) is 0 Å². The lowest BCUT2D eigenvalue weighted by atomic mass is 9.45. The molecule has 3 fully saturated rings. The van der Waals surface area contributed by atoms with E-state index in [4.69, 9.17) is 0 Å². The summed E-state index contributed by atoms with van der Waals surface area (Å²) in [4.78, 5) is 1.38. The SMILES string of the molecule is C=C(/C=C/c1ccccc1)C[C@H]1C2C(C)CCC2(C)C2(C)CC1(C(C)C)CC2SC(=C)CC.CC.CC.CC.CC. The van der Waals surface area contributed by atoms with Crippen LogP contribution in [-0.4, -0.2) is 5.25 Å². The molecule has 0 N–H and O–H groups in total. The molecule has 6 unspecified atom stereocenters. The van der Waals surface area contributed by atoms with Crippen LogP contribution in [0.3, 0.4) is 0 Å². The Morgan fingerprint density at radius 2 is 1.51 bits per heavy atom. The van der Waals surface area contributed by atoms with E-state index in [1.54, 1.807) is 0 Å². The maximum atomic E-state index is 4.59. The van der Waals surface area contributed by atoms with Gasteiger partial charge in [0.05, 0.1) is 0 Å². The topological polar surface area (TPSA) is 0 Å². The molecule has 0 aromatic heterocycles. The third-order valence-electron chi connectivity index (χ3n) is 10.6. The summed E-state index contributed by atoms with van der Waals surface area (Å²) < 4.78 is 0. The number of rotatable bonds is 8. The number of thioether (sulfide) groups is 1. The van der Waals surface area contributed by atoms with Crippen molar-refractivity contribution in [3.63, 3.8) is 0 Å². The Labute approximate surface area is 263 Å². The molecule has 3 aliphatic rings. The first-order valence-electron chi connectivity index (χ1n) is 17.3. The molecular formula is C40H70S. The molecule has 2 bridgehead atoms. The van der Waals surface area contributed by atoms with Crippen molar-refractivity contribution in [2.75, 3.05) is 0 Å². The highest BCUT2D eigenvalue weighted by Crippen LogP contribution is 2.78. The molecule has 1 aromatic rings. The van der Waals surface area contributed by atoms with E-state index < -0.39 is 0 Å². The largest absolute Gasteiger partial charge is 0.127 e. The van der Waals surface area contributed by atoms with Gasteiger partial charge in [-0.15, -0.1) is 11.8 Å². The molecule has 3 aliphatic carbocycles. The molecule has 1 heteroatoms.